The van der Waals surface area contributed by atoms with Gasteiger partial charge in [0.05, 0.1) is 6.54 Å². The Bertz CT molecular complexity index is 261. The predicted octanol–water partition coefficient (Wildman–Crippen LogP) is 1.20. The number of hydrogen-bond acceptors (Lipinski definition) is 4. The smallest absolute Gasteiger partial charge is 0.141 e. The van der Waals surface area contributed by atoms with Crippen LogP contribution in [0, 0.1) is 5.92 Å². The lowest BCUT2D eigenvalue weighted by Gasteiger charge is -2.07. The van der Waals surface area contributed by atoms with Gasteiger partial charge >= 0.3 is 0 Å². The summed E-state index contributed by atoms with van der Waals surface area (Å²) >= 11 is 0. The number of hydrogen-bond donors (Lipinski definition) is 2. The number of aromatic nitrogens is 2. The second-order valence-electron chi connectivity index (χ2n) is 4.29. The number of nitrogens with zero attached hydrogens (tertiary/aromatic N) is 2. The first kappa shape index (κ1) is 13.1. The van der Waals surface area contributed by atoms with E-state index in [4.69, 9.17) is 0 Å². The van der Waals surface area contributed by atoms with Gasteiger partial charge in [0, 0.05) is 12.4 Å². The van der Waals surface area contributed by atoms with Crippen molar-refractivity contribution < 1.29 is 0 Å². The zero-order valence-corrected chi connectivity index (χ0v) is 10.2. The van der Waals surface area contributed by atoms with Crippen LogP contribution in [-0.4, -0.2) is 29.6 Å². The molecule has 1 heterocycles. The van der Waals surface area contributed by atoms with Gasteiger partial charge in [0.2, 0.25) is 0 Å². The second-order valence-corrected chi connectivity index (χ2v) is 4.29. The van der Waals surface area contributed by atoms with Crippen molar-refractivity contribution in [2.24, 2.45) is 5.92 Å². The van der Waals surface area contributed by atoms with Crippen molar-refractivity contribution in [3.05, 3.63) is 24.3 Å². The van der Waals surface area contributed by atoms with Crippen molar-refractivity contribution in [1.82, 2.24) is 20.6 Å². The zero-order chi connectivity index (χ0) is 11.6. The standard InChI is InChI=1S/C12H22N4/c1-11(2)9-13-5-3-6-14-10-12-15-7-4-8-16-12/h4,7-8,11,13-14H,3,5-6,9-10H2,1-2H3. The molecule has 2 N–H and O–H groups in total. The highest BCUT2D eigenvalue weighted by molar-refractivity contribution is 4.87. The van der Waals surface area contributed by atoms with Crippen LogP contribution in [0.15, 0.2) is 18.5 Å². The Morgan fingerprint density at radius 1 is 1.12 bits per heavy atom. The first-order chi connectivity index (χ1) is 7.79. The Morgan fingerprint density at radius 3 is 2.50 bits per heavy atom. The van der Waals surface area contributed by atoms with E-state index in [2.05, 4.69) is 34.4 Å². The molecule has 0 bridgehead atoms. The van der Waals surface area contributed by atoms with Gasteiger partial charge in [0.25, 0.3) is 0 Å². The summed E-state index contributed by atoms with van der Waals surface area (Å²) in [6.45, 7) is 8.37. The molecule has 1 rings (SSSR count). The minimum atomic E-state index is 0.727. The van der Waals surface area contributed by atoms with Crippen molar-refractivity contribution in [3.63, 3.8) is 0 Å². The van der Waals surface area contributed by atoms with Gasteiger partial charge in [-0.15, -0.1) is 0 Å². The van der Waals surface area contributed by atoms with Crippen LogP contribution >= 0.6 is 0 Å². The zero-order valence-electron chi connectivity index (χ0n) is 10.2. The summed E-state index contributed by atoms with van der Waals surface area (Å²) in [5.74, 6) is 1.59. The van der Waals surface area contributed by atoms with Crippen molar-refractivity contribution in [2.75, 3.05) is 19.6 Å². The van der Waals surface area contributed by atoms with Crippen LogP contribution in [0.3, 0.4) is 0 Å². The molecule has 0 atom stereocenters. The van der Waals surface area contributed by atoms with Crippen LogP contribution in [0.2, 0.25) is 0 Å². The van der Waals surface area contributed by atoms with Gasteiger partial charge in [-0.2, -0.15) is 0 Å². The molecule has 0 saturated carbocycles. The molecule has 0 saturated heterocycles. The van der Waals surface area contributed by atoms with Gasteiger partial charge in [0.15, 0.2) is 0 Å². The summed E-state index contributed by atoms with van der Waals surface area (Å²) in [7, 11) is 0. The maximum atomic E-state index is 4.15. The van der Waals surface area contributed by atoms with Gasteiger partial charge in [-0.25, -0.2) is 9.97 Å². The van der Waals surface area contributed by atoms with Crippen molar-refractivity contribution in [2.45, 2.75) is 26.8 Å². The Labute approximate surface area is 97.9 Å². The monoisotopic (exact) mass is 222 g/mol. The van der Waals surface area contributed by atoms with Crippen molar-refractivity contribution in [3.8, 4) is 0 Å². The Balaban J connectivity index is 1.93. The van der Waals surface area contributed by atoms with Crippen molar-refractivity contribution in [1.29, 1.82) is 0 Å². The van der Waals surface area contributed by atoms with Crippen LogP contribution in [0.25, 0.3) is 0 Å². The van der Waals surface area contributed by atoms with E-state index >= 15 is 0 Å². The molecule has 0 fully saturated rings. The van der Waals surface area contributed by atoms with Crippen LogP contribution in [0.5, 0.6) is 0 Å². The topological polar surface area (TPSA) is 49.8 Å². The molecule has 1 aromatic heterocycles. The summed E-state index contributed by atoms with van der Waals surface area (Å²) in [6.07, 6.45) is 4.68. The van der Waals surface area contributed by atoms with E-state index in [1.54, 1.807) is 12.4 Å². The molecule has 0 aliphatic heterocycles. The predicted molar refractivity (Wildman–Crippen MR) is 66.1 cm³/mol. The molecule has 0 aliphatic rings. The molecular formula is C12H22N4. The van der Waals surface area contributed by atoms with E-state index in [0.717, 1.165) is 44.3 Å². The van der Waals surface area contributed by atoms with E-state index in [-0.39, 0.29) is 0 Å². The Hall–Kier alpha value is -1.00. The molecule has 4 nitrogen and oxygen atoms in total. The van der Waals surface area contributed by atoms with Gasteiger partial charge in [-0.3, -0.25) is 0 Å². The van der Waals surface area contributed by atoms with Gasteiger partial charge < -0.3 is 10.6 Å². The molecule has 16 heavy (non-hydrogen) atoms. The Kier molecular flexibility index (Phi) is 6.69. The molecule has 4 heteroatoms. The second kappa shape index (κ2) is 8.19. The fourth-order valence-electron chi connectivity index (χ4n) is 1.35. The average Bonchev–Trinajstić information content (AvgIpc) is 2.29. The van der Waals surface area contributed by atoms with Crippen LogP contribution in [0.1, 0.15) is 26.1 Å². The largest absolute Gasteiger partial charge is 0.316 e. The third-order valence-electron chi connectivity index (χ3n) is 2.16. The quantitative estimate of drug-likeness (QED) is 0.649. The van der Waals surface area contributed by atoms with Gasteiger partial charge in [0.1, 0.15) is 5.82 Å². The Morgan fingerprint density at radius 2 is 1.81 bits per heavy atom. The van der Waals surface area contributed by atoms with Crippen LogP contribution in [-0.2, 0) is 6.54 Å². The maximum absolute atomic E-state index is 4.15. The average molecular weight is 222 g/mol. The van der Waals surface area contributed by atoms with E-state index in [0.29, 0.717) is 0 Å². The lowest BCUT2D eigenvalue weighted by Crippen LogP contribution is -2.25. The first-order valence-electron chi connectivity index (χ1n) is 5.96. The summed E-state index contributed by atoms with van der Waals surface area (Å²) < 4.78 is 0. The highest BCUT2D eigenvalue weighted by atomic mass is 15.0. The van der Waals surface area contributed by atoms with E-state index in [1.807, 2.05) is 6.07 Å². The van der Waals surface area contributed by atoms with E-state index in [1.165, 1.54) is 0 Å². The summed E-state index contributed by atoms with van der Waals surface area (Å²) in [5, 5.41) is 6.74. The normalized spacial score (nSPS) is 10.9. The lowest BCUT2D eigenvalue weighted by molar-refractivity contribution is 0.528. The first-order valence-corrected chi connectivity index (χ1v) is 5.96. The van der Waals surface area contributed by atoms with Crippen LogP contribution < -0.4 is 10.6 Å². The molecule has 0 unspecified atom stereocenters. The fourth-order valence-corrected chi connectivity index (χ4v) is 1.35. The third kappa shape index (κ3) is 6.48. The van der Waals surface area contributed by atoms with E-state index < -0.39 is 0 Å². The molecule has 1 aromatic rings. The molecule has 0 spiro atoms. The molecule has 0 aliphatic carbocycles. The molecule has 0 aromatic carbocycles. The lowest BCUT2D eigenvalue weighted by atomic mass is 10.2. The molecule has 90 valence electrons. The molecular weight excluding hydrogens is 200 g/mol. The summed E-state index contributed by atoms with van der Waals surface area (Å²) in [6, 6.07) is 1.83. The minimum Gasteiger partial charge on any atom is -0.316 e. The number of nitrogens with one attached hydrogen (secondary N) is 2. The highest BCUT2D eigenvalue weighted by Gasteiger charge is 1.94. The van der Waals surface area contributed by atoms with Crippen LogP contribution in [0.4, 0.5) is 0 Å². The highest BCUT2D eigenvalue weighted by Crippen LogP contribution is 1.88. The fraction of sp³-hybridized carbons (Fsp3) is 0.667. The SMILES string of the molecule is CC(C)CNCCCNCc1ncccn1. The van der Waals surface area contributed by atoms with Gasteiger partial charge in [-0.1, -0.05) is 13.8 Å². The number of rotatable bonds is 8. The minimum absolute atomic E-state index is 0.727. The molecule has 0 radical (unpaired) electrons. The maximum Gasteiger partial charge on any atom is 0.141 e. The summed E-state index contributed by atoms with van der Waals surface area (Å²) in [5.41, 5.74) is 0. The van der Waals surface area contributed by atoms with Gasteiger partial charge in [-0.05, 0) is 38.0 Å². The third-order valence-corrected chi connectivity index (χ3v) is 2.16. The van der Waals surface area contributed by atoms with E-state index in [9.17, 15) is 0 Å². The summed E-state index contributed by atoms with van der Waals surface area (Å²) in [4.78, 5) is 8.29. The van der Waals surface area contributed by atoms with Crippen molar-refractivity contribution >= 4 is 0 Å². The molecule has 0 amide bonds.